The molecule has 1 aromatic carbocycles. The van der Waals surface area contributed by atoms with Gasteiger partial charge < -0.3 is 5.11 Å². The van der Waals surface area contributed by atoms with Crippen molar-refractivity contribution in [2.45, 2.75) is 4.90 Å². The number of benzene rings is 1. The molecule has 7 heteroatoms. The van der Waals surface area contributed by atoms with Gasteiger partial charge in [-0.05, 0) is 18.2 Å². The average molecular weight is 242 g/mol. The molecular formula is C7H7KO5S. The van der Waals surface area contributed by atoms with E-state index in [1.165, 1.54) is 12.1 Å². The molecule has 0 aliphatic rings. The van der Waals surface area contributed by atoms with Crippen LogP contribution in [0.4, 0.5) is 0 Å². The molecule has 0 amide bonds. The summed E-state index contributed by atoms with van der Waals surface area (Å²) < 4.78 is 29.7. The summed E-state index contributed by atoms with van der Waals surface area (Å²) in [6.07, 6.45) is 0. The molecule has 0 fully saturated rings. The van der Waals surface area contributed by atoms with Crippen LogP contribution in [-0.2, 0) is 10.1 Å². The van der Waals surface area contributed by atoms with Crippen LogP contribution < -0.4 is 0 Å². The fourth-order valence-electron chi connectivity index (χ4n) is 0.790. The summed E-state index contributed by atoms with van der Waals surface area (Å²) >= 11 is 0. The second kappa shape index (κ2) is 5.36. The molecule has 5 nitrogen and oxygen atoms in total. The summed E-state index contributed by atoms with van der Waals surface area (Å²) in [5.41, 5.74) is -0.185. The van der Waals surface area contributed by atoms with Gasteiger partial charge in [0.2, 0.25) is 0 Å². The first-order valence-corrected chi connectivity index (χ1v) is 4.66. The van der Waals surface area contributed by atoms with E-state index in [0.717, 1.165) is 12.1 Å². The molecule has 72 valence electrons. The summed E-state index contributed by atoms with van der Waals surface area (Å²) in [4.78, 5) is 9.98. The van der Waals surface area contributed by atoms with Gasteiger partial charge in [-0.15, -0.1) is 0 Å². The van der Waals surface area contributed by atoms with Gasteiger partial charge >= 0.3 is 57.4 Å². The van der Waals surface area contributed by atoms with Crippen LogP contribution in [0.15, 0.2) is 29.2 Å². The van der Waals surface area contributed by atoms with Gasteiger partial charge in [-0.3, -0.25) is 4.55 Å². The normalized spacial score (nSPS) is 10.4. The van der Waals surface area contributed by atoms with Crippen LogP contribution in [0.25, 0.3) is 0 Å². The maximum atomic E-state index is 10.6. The first-order chi connectivity index (χ1) is 5.91. The Morgan fingerprint density at radius 1 is 1.29 bits per heavy atom. The molecule has 0 heterocycles. The van der Waals surface area contributed by atoms with Crippen LogP contribution in [-0.4, -0.2) is 75.4 Å². The number of aromatic carboxylic acids is 1. The van der Waals surface area contributed by atoms with Gasteiger partial charge in [-0.2, -0.15) is 8.42 Å². The number of hydrogen-bond donors (Lipinski definition) is 2. The Morgan fingerprint density at radius 2 is 1.86 bits per heavy atom. The predicted molar refractivity (Wildman–Crippen MR) is 50.4 cm³/mol. The Morgan fingerprint density at radius 3 is 2.29 bits per heavy atom. The summed E-state index contributed by atoms with van der Waals surface area (Å²) in [5.74, 6) is -1.24. The van der Waals surface area contributed by atoms with E-state index >= 15 is 0 Å². The van der Waals surface area contributed by atoms with Gasteiger partial charge in [0.05, 0.1) is 10.5 Å². The van der Waals surface area contributed by atoms with E-state index in [1.54, 1.807) is 0 Å². The SMILES string of the molecule is O=C(O)c1cccc(S(=O)(=O)O)c1.[KH]. The van der Waals surface area contributed by atoms with Gasteiger partial charge in [0.25, 0.3) is 10.1 Å². The molecule has 0 atom stereocenters. The average Bonchev–Trinajstić information content (AvgIpc) is 2.03. The number of carbonyl (C=O) groups is 1. The van der Waals surface area contributed by atoms with Crippen molar-refractivity contribution in [3.8, 4) is 0 Å². The second-order valence-corrected chi connectivity index (χ2v) is 3.73. The van der Waals surface area contributed by atoms with Crippen LogP contribution in [0.5, 0.6) is 0 Å². The zero-order valence-electron chi connectivity index (χ0n) is 6.34. The van der Waals surface area contributed by atoms with E-state index in [9.17, 15) is 13.2 Å². The zero-order valence-corrected chi connectivity index (χ0v) is 7.15. The molecule has 0 unspecified atom stereocenters. The van der Waals surface area contributed by atoms with Gasteiger partial charge in [-0.25, -0.2) is 4.79 Å². The van der Waals surface area contributed by atoms with Crippen molar-refractivity contribution in [1.82, 2.24) is 0 Å². The molecule has 2 N–H and O–H groups in total. The summed E-state index contributed by atoms with van der Waals surface area (Å²) in [6.45, 7) is 0. The minimum absolute atomic E-state index is 0. The van der Waals surface area contributed by atoms with Crippen molar-refractivity contribution in [1.29, 1.82) is 0 Å². The fraction of sp³-hybridized carbons (Fsp3) is 0. The van der Waals surface area contributed by atoms with E-state index in [-0.39, 0.29) is 56.9 Å². The Labute approximate surface area is 123 Å². The summed E-state index contributed by atoms with van der Waals surface area (Å²) in [6, 6.07) is 4.48. The van der Waals surface area contributed by atoms with Gasteiger partial charge in [-0.1, -0.05) is 6.07 Å². The van der Waals surface area contributed by atoms with Crippen LogP contribution in [0.2, 0.25) is 0 Å². The van der Waals surface area contributed by atoms with E-state index < -0.39 is 21.0 Å². The molecule has 0 aromatic heterocycles. The van der Waals surface area contributed by atoms with E-state index in [0.29, 0.717) is 0 Å². The van der Waals surface area contributed by atoms with Gasteiger partial charge in [0, 0.05) is 0 Å². The monoisotopic (exact) mass is 242 g/mol. The molecule has 0 aliphatic carbocycles. The molecular weight excluding hydrogens is 235 g/mol. The number of carboxylic acid groups (broad SMARTS) is 1. The Kier molecular flexibility index (Phi) is 5.45. The van der Waals surface area contributed by atoms with E-state index in [2.05, 4.69) is 0 Å². The van der Waals surface area contributed by atoms with E-state index in [4.69, 9.17) is 9.66 Å². The molecule has 1 rings (SSSR count). The number of carboxylic acids is 1. The number of hydrogen-bond acceptors (Lipinski definition) is 3. The van der Waals surface area contributed by atoms with Crippen molar-refractivity contribution in [2.24, 2.45) is 0 Å². The van der Waals surface area contributed by atoms with E-state index in [1.807, 2.05) is 0 Å². The fourth-order valence-corrected chi connectivity index (χ4v) is 1.32. The van der Waals surface area contributed by atoms with Gasteiger partial charge in [0.15, 0.2) is 0 Å². The summed E-state index contributed by atoms with van der Waals surface area (Å²) in [5, 5.41) is 8.50. The van der Waals surface area contributed by atoms with Crippen LogP contribution in [0.1, 0.15) is 10.4 Å². The van der Waals surface area contributed by atoms with Crippen LogP contribution >= 0.6 is 0 Å². The third kappa shape index (κ3) is 3.77. The third-order valence-electron chi connectivity index (χ3n) is 1.38. The molecule has 0 aliphatic heterocycles. The van der Waals surface area contributed by atoms with Gasteiger partial charge in [0.1, 0.15) is 0 Å². The molecule has 1 aromatic rings. The first kappa shape index (κ1) is 14.2. The molecule has 0 radical (unpaired) electrons. The van der Waals surface area contributed by atoms with Crippen molar-refractivity contribution < 1.29 is 22.9 Å². The van der Waals surface area contributed by atoms with Crippen LogP contribution in [0, 0.1) is 0 Å². The zero-order chi connectivity index (χ0) is 10.1. The van der Waals surface area contributed by atoms with Crippen molar-refractivity contribution in [2.75, 3.05) is 0 Å². The van der Waals surface area contributed by atoms with Crippen molar-refractivity contribution in [3.63, 3.8) is 0 Å². The standard InChI is InChI=1S/C7H6O5S.K.H/c8-7(9)5-2-1-3-6(4-5)13(10,11)12;;/h1-4H,(H,8,9)(H,10,11,12);;. The Hall–Kier alpha value is 0.236. The second-order valence-electron chi connectivity index (χ2n) is 2.31. The Balaban J connectivity index is 0.00000169. The summed E-state index contributed by atoms with van der Waals surface area (Å²) in [7, 11) is -4.32. The molecule has 0 spiro atoms. The molecule has 14 heavy (non-hydrogen) atoms. The third-order valence-corrected chi connectivity index (χ3v) is 2.23. The first-order valence-electron chi connectivity index (χ1n) is 3.22. The molecule has 0 saturated heterocycles. The number of rotatable bonds is 2. The van der Waals surface area contributed by atoms with Crippen LogP contribution in [0.3, 0.4) is 0 Å². The predicted octanol–water partition coefficient (Wildman–Crippen LogP) is -0.0170. The van der Waals surface area contributed by atoms with Crippen molar-refractivity contribution in [3.05, 3.63) is 29.8 Å². The quantitative estimate of drug-likeness (QED) is 0.562. The molecule has 0 bridgehead atoms. The molecule has 0 saturated carbocycles. The van der Waals surface area contributed by atoms with Crippen molar-refractivity contribution >= 4 is 67.5 Å². The minimum atomic E-state index is -4.32. The Bertz CT molecular complexity index is 439. The topological polar surface area (TPSA) is 91.7 Å². The maximum absolute atomic E-state index is 10.6.